The molecule has 1 saturated carbocycles. The summed E-state index contributed by atoms with van der Waals surface area (Å²) in [7, 11) is 0. The number of fused-ring (bicyclic) bond motifs is 1. The van der Waals surface area contributed by atoms with Crippen LogP contribution in [0.25, 0.3) is 5.57 Å². The Morgan fingerprint density at radius 3 is 2.50 bits per heavy atom. The number of carbonyl (C=O) groups excluding carboxylic acids is 2. The van der Waals surface area contributed by atoms with Gasteiger partial charge in [0, 0.05) is 41.7 Å². The Labute approximate surface area is 247 Å². The van der Waals surface area contributed by atoms with Crippen LogP contribution in [0.4, 0.5) is 25.2 Å². The van der Waals surface area contributed by atoms with Crippen LogP contribution in [-0.2, 0) is 11.2 Å². The number of rotatable bonds is 6. The Morgan fingerprint density at radius 1 is 1.05 bits per heavy atom. The Bertz CT molecular complexity index is 1520. The van der Waals surface area contributed by atoms with Gasteiger partial charge < -0.3 is 15.4 Å². The summed E-state index contributed by atoms with van der Waals surface area (Å²) in [4.78, 5) is 33.7. The molecular weight excluding hydrogens is 564 g/mol. The average Bonchev–Trinajstić information content (AvgIpc) is 3.32. The maximum Gasteiger partial charge on any atom is 0.412 e. The van der Waals surface area contributed by atoms with E-state index < -0.39 is 48.4 Å². The second-order valence-corrected chi connectivity index (χ2v) is 12.0. The zero-order chi connectivity index (χ0) is 30.1. The first-order valence-corrected chi connectivity index (χ1v) is 14.1. The van der Waals surface area contributed by atoms with Crippen molar-refractivity contribution in [2.24, 2.45) is 0 Å². The highest BCUT2D eigenvalue weighted by molar-refractivity contribution is 6.32. The molecule has 220 valence electrons. The molecule has 3 N–H and O–H groups in total. The molecule has 1 aromatic heterocycles. The van der Waals surface area contributed by atoms with Crippen LogP contribution < -0.4 is 16.0 Å². The van der Waals surface area contributed by atoms with E-state index >= 15 is 0 Å². The summed E-state index contributed by atoms with van der Waals surface area (Å²) >= 11 is 6.44. The second kappa shape index (κ2) is 11.7. The Morgan fingerprint density at radius 2 is 1.76 bits per heavy atom. The molecule has 2 amide bonds. The lowest BCUT2D eigenvalue weighted by Gasteiger charge is -2.35. The molecule has 0 radical (unpaired) electrons. The van der Waals surface area contributed by atoms with Gasteiger partial charge in [-0.15, -0.1) is 0 Å². The fourth-order valence-electron chi connectivity index (χ4n) is 5.24. The van der Waals surface area contributed by atoms with Crippen molar-refractivity contribution < 1.29 is 23.1 Å². The number of allylic oxidation sites excluding steroid dienone is 1. The highest BCUT2D eigenvalue weighted by atomic mass is 35.5. The Balaban J connectivity index is 1.23. The van der Waals surface area contributed by atoms with Crippen LogP contribution in [0.5, 0.6) is 0 Å². The number of anilines is 2. The minimum Gasteiger partial charge on any atom is -0.444 e. The topological polar surface area (TPSA) is 105 Å². The molecule has 2 aliphatic carbocycles. The molecule has 5 rings (SSSR count). The van der Waals surface area contributed by atoms with Crippen molar-refractivity contribution in [2.75, 3.05) is 10.6 Å². The molecule has 3 aromatic rings. The first kappa shape index (κ1) is 29.4. The lowest BCUT2D eigenvalue weighted by Crippen LogP contribution is -2.48. The maximum atomic E-state index is 14.8. The smallest absolute Gasteiger partial charge is 0.412 e. The van der Waals surface area contributed by atoms with Gasteiger partial charge in [-0.2, -0.15) is 0 Å². The van der Waals surface area contributed by atoms with Gasteiger partial charge in [-0.25, -0.2) is 23.5 Å². The van der Waals surface area contributed by atoms with Crippen molar-refractivity contribution in [1.82, 2.24) is 15.3 Å². The number of ether oxygens (including phenoxy) is 1. The van der Waals surface area contributed by atoms with Crippen molar-refractivity contribution >= 4 is 40.8 Å². The van der Waals surface area contributed by atoms with Crippen molar-refractivity contribution in [3.63, 3.8) is 0 Å². The number of nitrogens with zero attached hydrogens (tertiary/aromatic N) is 2. The van der Waals surface area contributed by atoms with Crippen molar-refractivity contribution in [2.45, 2.75) is 70.1 Å². The molecule has 11 heteroatoms. The number of hydrogen-bond donors (Lipinski definition) is 3. The van der Waals surface area contributed by atoms with Crippen molar-refractivity contribution in [3.8, 4) is 0 Å². The summed E-state index contributed by atoms with van der Waals surface area (Å²) in [6, 6.07) is 12.6. The van der Waals surface area contributed by atoms with Gasteiger partial charge in [0.15, 0.2) is 0 Å². The van der Waals surface area contributed by atoms with Crippen LogP contribution in [0, 0.1) is 0 Å². The highest BCUT2D eigenvalue weighted by Crippen LogP contribution is 2.37. The van der Waals surface area contributed by atoms with E-state index in [1.54, 1.807) is 32.9 Å². The summed E-state index contributed by atoms with van der Waals surface area (Å²) in [5.74, 6) is -3.30. The van der Waals surface area contributed by atoms with E-state index in [0.29, 0.717) is 16.4 Å². The van der Waals surface area contributed by atoms with Gasteiger partial charge in [-0.1, -0.05) is 41.9 Å². The van der Waals surface area contributed by atoms with E-state index in [4.69, 9.17) is 16.3 Å². The number of aromatic nitrogens is 2. The first-order chi connectivity index (χ1) is 19.8. The lowest BCUT2D eigenvalue weighted by molar-refractivity contribution is -0.0467. The van der Waals surface area contributed by atoms with Gasteiger partial charge in [-0.3, -0.25) is 10.1 Å². The number of halogens is 3. The van der Waals surface area contributed by atoms with Gasteiger partial charge in [-0.05, 0) is 69.0 Å². The van der Waals surface area contributed by atoms with Crippen LogP contribution in [0.15, 0.2) is 60.8 Å². The zero-order valence-electron chi connectivity index (χ0n) is 23.5. The Kier molecular flexibility index (Phi) is 8.19. The monoisotopic (exact) mass is 595 g/mol. The summed E-state index contributed by atoms with van der Waals surface area (Å²) in [5, 5.41) is 8.74. The van der Waals surface area contributed by atoms with Crippen LogP contribution >= 0.6 is 11.6 Å². The highest BCUT2D eigenvalue weighted by Gasteiger charge is 2.42. The number of nitrogens with one attached hydrogen (secondary N) is 3. The van der Waals surface area contributed by atoms with Gasteiger partial charge in [0.2, 0.25) is 5.95 Å². The second-order valence-electron chi connectivity index (χ2n) is 11.6. The molecular formula is C31H32ClF2N5O3. The van der Waals surface area contributed by atoms with E-state index in [9.17, 15) is 18.4 Å². The molecule has 8 nitrogen and oxygen atoms in total. The normalized spacial score (nSPS) is 19.3. The van der Waals surface area contributed by atoms with Crippen molar-refractivity contribution in [3.05, 3.63) is 88.2 Å². The summed E-state index contributed by atoms with van der Waals surface area (Å²) in [6.07, 6.45) is 3.01. The molecule has 0 saturated heterocycles. The molecule has 2 aromatic carbocycles. The van der Waals surface area contributed by atoms with E-state index in [-0.39, 0.29) is 17.9 Å². The molecule has 2 aliphatic rings. The summed E-state index contributed by atoms with van der Waals surface area (Å²) in [5.41, 5.74) is 3.68. The number of benzene rings is 2. The first-order valence-electron chi connectivity index (χ1n) is 13.7. The Hall–Kier alpha value is -4.05. The SMILES string of the molecule is CC(C)(C)OC(=O)Nc1ccc(C(=O)NC2CC(Nc3ncc(Cl)c(C4=CCc5ccccc54)n3)CC(F)(F)C2)cc1. The lowest BCUT2D eigenvalue weighted by atomic mass is 9.87. The zero-order valence-corrected chi connectivity index (χ0v) is 24.3. The number of carbonyl (C=O) groups is 2. The quantitative estimate of drug-likeness (QED) is 0.287. The fraction of sp³-hybridized carbons (Fsp3) is 0.355. The summed E-state index contributed by atoms with van der Waals surface area (Å²) < 4.78 is 34.8. The molecule has 1 fully saturated rings. The minimum atomic E-state index is -3.00. The molecule has 0 bridgehead atoms. The fourth-order valence-corrected chi connectivity index (χ4v) is 5.44. The average molecular weight is 596 g/mol. The van der Waals surface area contributed by atoms with E-state index in [1.807, 2.05) is 30.3 Å². The number of hydrogen-bond acceptors (Lipinski definition) is 6. The minimum absolute atomic E-state index is 0.195. The predicted molar refractivity (Wildman–Crippen MR) is 158 cm³/mol. The molecule has 0 spiro atoms. The van der Waals surface area contributed by atoms with E-state index in [0.717, 1.165) is 23.1 Å². The third-order valence-corrected chi connectivity index (χ3v) is 7.23. The molecule has 2 atom stereocenters. The number of amides is 2. The maximum absolute atomic E-state index is 14.8. The van der Waals surface area contributed by atoms with Gasteiger partial charge in [0.25, 0.3) is 11.8 Å². The van der Waals surface area contributed by atoms with Crippen LogP contribution in [0.3, 0.4) is 0 Å². The van der Waals surface area contributed by atoms with Crippen LogP contribution in [0.1, 0.15) is 67.2 Å². The summed E-state index contributed by atoms with van der Waals surface area (Å²) in [6.45, 7) is 5.26. The molecule has 42 heavy (non-hydrogen) atoms. The van der Waals surface area contributed by atoms with E-state index in [2.05, 4.69) is 25.9 Å². The molecule has 2 unspecified atom stereocenters. The third-order valence-electron chi connectivity index (χ3n) is 6.95. The molecule has 0 aliphatic heterocycles. The predicted octanol–water partition coefficient (Wildman–Crippen LogP) is 6.86. The third kappa shape index (κ3) is 7.23. The largest absolute Gasteiger partial charge is 0.444 e. The van der Waals surface area contributed by atoms with Gasteiger partial charge in [0.05, 0.1) is 16.9 Å². The van der Waals surface area contributed by atoms with E-state index in [1.165, 1.54) is 18.3 Å². The van der Waals surface area contributed by atoms with Crippen molar-refractivity contribution in [1.29, 1.82) is 0 Å². The number of alkyl halides is 2. The van der Waals surface area contributed by atoms with Gasteiger partial charge >= 0.3 is 6.09 Å². The van der Waals surface area contributed by atoms with Crippen LogP contribution in [0.2, 0.25) is 5.02 Å². The van der Waals surface area contributed by atoms with Gasteiger partial charge in [0.1, 0.15) is 5.60 Å². The standard InChI is InChI=1S/C31H32ClF2N5O3/c1-30(2,3)42-29(41)38-20-11-8-19(9-12-20)27(40)36-21-14-22(16-31(33,34)15-21)37-28-35-17-25(32)26(39-28)24-13-10-18-6-4-5-7-23(18)24/h4-9,11-13,17,21-22H,10,14-16H2,1-3H3,(H,36,40)(H,38,41)(H,35,37,39). The van der Waals surface area contributed by atoms with Crippen LogP contribution in [-0.4, -0.2) is 45.6 Å². The molecule has 1 heterocycles.